The van der Waals surface area contributed by atoms with Gasteiger partial charge in [-0.05, 0) is 97.1 Å². The summed E-state index contributed by atoms with van der Waals surface area (Å²) in [5.41, 5.74) is 5.79. The summed E-state index contributed by atoms with van der Waals surface area (Å²) in [5.74, 6) is 1.45. The summed E-state index contributed by atoms with van der Waals surface area (Å²) in [6, 6.07) is 29.9. The van der Waals surface area contributed by atoms with Gasteiger partial charge in [0.15, 0.2) is 22.6 Å². The maximum Gasteiger partial charge on any atom is 0.222 e. The van der Waals surface area contributed by atoms with Crippen molar-refractivity contribution >= 4 is 218 Å². The molecule has 0 aromatic carbocycles. The van der Waals surface area contributed by atoms with Crippen molar-refractivity contribution in [1.29, 1.82) is 0 Å². The van der Waals surface area contributed by atoms with Gasteiger partial charge in [-0.1, -0.05) is 127 Å². The van der Waals surface area contributed by atoms with E-state index in [1.165, 1.54) is 27.7 Å². The summed E-state index contributed by atoms with van der Waals surface area (Å²) in [6.07, 6.45) is 0. The van der Waals surface area contributed by atoms with E-state index in [1.54, 1.807) is 24.3 Å². The summed E-state index contributed by atoms with van der Waals surface area (Å²) >= 11 is 27.1. The van der Waals surface area contributed by atoms with Crippen LogP contribution < -0.4 is 21.3 Å². The number of carbonyl (C=O) groups excluding carboxylic acids is 4. The number of ether oxygens (including phenoxy) is 2. The number of nitrogens with one attached hydrogen (secondary N) is 4. The number of aromatic nitrogens is 8. The van der Waals surface area contributed by atoms with E-state index in [0.717, 1.165) is 70.7 Å². The fraction of sp³-hybridized carbons (Fsp3) is 0.250. The zero-order valence-corrected chi connectivity index (χ0v) is 52.1. The number of rotatable bonds is 8. The number of pyridine rings is 8. The van der Waals surface area contributed by atoms with Crippen LogP contribution >= 0.6 is 127 Å². The zero-order valence-electron chi connectivity index (χ0n) is 39.4. The van der Waals surface area contributed by atoms with E-state index in [-0.39, 0.29) is 38.6 Å². The average molecular weight is 1520 g/mol. The van der Waals surface area contributed by atoms with Crippen molar-refractivity contribution < 1.29 is 28.7 Å². The minimum absolute atomic E-state index is 0.00868. The van der Waals surface area contributed by atoms with Crippen LogP contribution in [0.5, 0.6) is 0 Å². The van der Waals surface area contributed by atoms with Gasteiger partial charge in [-0.25, -0.2) is 39.9 Å². The molecule has 0 spiro atoms. The summed E-state index contributed by atoms with van der Waals surface area (Å²) in [4.78, 5) is 78.4. The first-order valence-corrected chi connectivity index (χ1v) is 29.1. The Morgan fingerprint density at radius 1 is 0.338 bits per heavy atom. The molecule has 4 N–H and O–H groups in total. The molecule has 0 aliphatic carbocycles. The second-order valence-corrected chi connectivity index (χ2v) is 27.3. The number of halogens is 8. The van der Waals surface area contributed by atoms with E-state index in [4.69, 9.17) is 9.47 Å². The Kier molecular flexibility index (Phi) is 25.1. The van der Waals surface area contributed by atoms with E-state index in [2.05, 4.69) is 189 Å². The molecule has 1 saturated heterocycles. The van der Waals surface area contributed by atoms with Crippen LogP contribution in [-0.4, -0.2) is 89.9 Å². The normalized spacial score (nSPS) is 11.9. The molecule has 0 radical (unpaired) electrons. The molecular formula is C48H44Br8N12O6. The first-order valence-electron chi connectivity index (χ1n) is 21.7. The average Bonchev–Trinajstić information content (AvgIpc) is 3.36. The third-order valence-corrected chi connectivity index (χ3v) is 12.9. The van der Waals surface area contributed by atoms with Crippen LogP contribution in [0.1, 0.15) is 65.4 Å². The van der Waals surface area contributed by atoms with Crippen molar-refractivity contribution in [1.82, 2.24) is 39.9 Å². The highest BCUT2D eigenvalue weighted by Crippen LogP contribution is 2.32. The van der Waals surface area contributed by atoms with Gasteiger partial charge >= 0.3 is 0 Å². The van der Waals surface area contributed by atoms with Crippen molar-refractivity contribution in [2.45, 2.75) is 42.6 Å². The molecule has 4 amide bonds. The van der Waals surface area contributed by atoms with Crippen molar-refractivity contribution in [3.05, 3.63) is 120 Å². The van der Waals surface area contributed by atoms with Gasteiger partial charge in [0.05, 0.1) is 49.2 Å². The van der Waals surface area contributed by atoms with Crippen LogP contribution in [0.2, 0.25) is 0 Å². The molecular weight excluding hydrogens is 1480 g/mol. The molecule has 0 unspecified atom stereocenters. The Balaban J connectivity index is 0.000000176. The van der Waals surface area contributed by atoms with Crippen LogP contribution in [0.25, 0.3) is 44.1 Å². The maximum atomic E-state index is 10.9. The fourth-order valence-corrected chi connectivity index (χ4v) is 8.02. The van der Waals surface area contributed by atoms with Crippen molar-refractivity contribution in [2.75, 3.05) is 47.7 Å². The first kappa shape index (κ1) is 60.7. The Labute approximate surface area is 492 Å². The number of anilines is 4. The number of alkyl halides is 8. The fourth-order valence-electron chi connectivity index (χ4n) is 5.98. The molecule has 8 aromatic rings. The van der Waals surface area contributed by atoms with E-state index >= 15 is 0 Å². The topological polar surface area (TPSA) is 238 Å². The molecule has 8 aromatic heterocycles. The predicted molar refractivity (Wildman–Crippen MR) is 319 cm³/mol. The lowest BCUT2D eigenvalue weighted by Crippen LogP contribution is -2.16. The van der Waals surface area contributed by atoms with Crippen molar-refractivity contribution in [2.24, 2.45) is 0 Å². The molecule has 0 saturated carbocycles. The molecule has 0 bridgehead atoms. The molecule has 1 aliphatic rings. The van der Waals surface area contributed by atoms with Gasteiger partial charge in [0.2, 0.25) is 23.6 Å². The highest BCUT2D eigenvalue weighted by molar-refractivity contribution is 9.25. The standard InChI is InChI=1S/4C11H9Br2N3O.C4H8O2/c4*1-6(17)14-9-5-3-7-2-4-8(10(12)13)15-11(7)16-9;1-2-6-4-3-5-1/h4*2-5,10H,1H3,(H,14,15,16,17);1-4H2. The van der Waals surface area contributed by atoms with Gasteiger partial charge in [0.1, 0.15) is 38.2 Å². The quantitative estimate of drug-likeness (QED) is 0.104. The van der Waals surface area contributed by atoms with Crippen molar-refractivity contribution in [3.8, 4) is 0 Å². The van der Waals surface area contributed by atoms with E-state index in [0.29, 0.717) is 45.9 Å². The maximum absolute atomic E-state index is 10.9. The number of amides is 4. The van der Waals surface area contributed by atoms with Gasteiger partial charge in [0.25, 0.3) is 0 Å². The number of hydrogen-bond donors (Lipinski definition) is 4. The highest BCUT2D eigenvalue weighted by Gasteiger charge is 2.11. The predicted octanol–water partition coefficient (Wildman–Crippen LogP) is 13.5. The van der Waals surface area contributed by atoms with Gasteiger partial charge in [0, 0.05) is 49.2 Å². The summed E-state index contributed by atoms with van der Waals surface area (Å²) < 4.78 is 9.85. The van der Waals surface area contributed by atoms with Crippen LogP contribution in [0.3, 0.4) is 0 Å². The summed E-state index contributed by atoms with van der Waals surface area (Å²) in [7, 11) is 0. The molecule has 0 atom stereocenters. The van der Waals surface area contributed by atoms with Crippen LogP contribution in [-0.2, 0) is 28.7 Å². The zero-order chi connectivity index (χ0) is 53.9. The Bertz CT molecular complexity index is 2800. The van der Waals surface area contributed by atoms with Crippen LogP contribution in [0.15, 0.2) is 97.1 Å². The lowest BCUT2D eigenvalue weighted by atomic mass is 10.2. The number of fused-ring (bicyclic) bond motifs is 4. The third-order valence-electron chi connectivity index (χ3n) is 9.15. The molecule has 18 nitrogen and oxygen atoms in total. The molecule has 74 heavy (non-hydrogen) atoms. The van der Waals surface area contributed by atoms with E-state index in [9.17, 15) is 19.2 Å². The summed E-state index contributed by atoms with van der Waals surface area (Å²) in [6.45, 7) is 8.90. The lowest BCUT2D eigenvalue weighted by molar-refractivity contribution is -0.115. The molecule has 388 valence electrons. The Morgan fingerprint density at radius 3 is 0.689 bits per heavy atom. The Hall–Kier alpha value is -4.12. The van der Waals surface area contributed by atoms with Gasteiger partial charge in [-0.2, -0.15) is 0 Å². The Morgan fingerprint density at radius 2 is 0.527 bits per heavy atom. The van der Waals surface area contributed by atoms with E-state index in [1.807, 2.05) is 72.8 Å². The van der Waals surface area contributed by atoms with Crippen molar-refractivity contribution in [3.63, 3.8) is 0 Å². The molecule has 26 heteroatoms. The molecule has 1 aliphatic heterocycles. The highest BCUT2D eigenvalue weighted by atomic mass is 79.9. The minimum atomic E-state index is -0.146. The minimum Gasteiger partial charge on any atom is -0.377 e. The van der Waals surface area contributed by atoms with Gasteiger partial charge in [-0.3, -0.25) is 19.2 Å². The smallest absolute Gasteiger partial charge is 0.222 e. The SMILES string of the molecule is C1COCCO1.CC(=O)Nc1ccc2ccc(C(Br)Br)nc2n1.CC(=O)Nc1ccc2ccc(C(Br)Br)nc2n1.CC(=O)Nc1ccc2ccc(C(Br)Br)nc2n1.CC(=O)Nc1ccc2ccc(C(Br)Br)nc2n1. The van der Waals surface area contributed by atoms with Gasteiger partial charge in [-0.15, -0.1) is 0 Å². The largest absolute Gasteiger partial charge is 0.377 e. The molecule has 1 fully saturated rings. The third kappa shape index (κ3) is 20.4. The second-order valence-electron chi connectivity index (χ2n) is 15.1. The van der Waals surface area contributed by atoms with E-state index < -0.39 is 0 Å². The number of nitrogens with zero attached hydrogens (tertiary/aromatic N) is 8. The second kappa shape index (κ2) is 30.6. The monoisotopic (exact) mass is 1520 g/mol. The lowest BCUT2D eigenvalue weighted by Gasteiger charge is -2.09. The summed E-state index contributed by atoms with van der Waals surface area (Å²) in [5, 5.41) is 14.3. The first-order chi connectivity index (χ1) is 35.2. The van der Waals surface area contributed by atoms with Crippen LogP contribution in [0.4, 0.5) is 23.3 Å². The molecule has 9 rings (SSSR count). The van der Waals surface area contributed by atoms with Crippen LogP contribution in [0, 0.1) is 0 Å². The van der Waals surface area contributed by atoms with Gasteiger partial charge < -0.3 is 30.7 Å². The molecule has 9 heterocycles. The number of hydrogen-bond acceptors (Lipinski definition) is 14. The number of carbonyl (C=O) groups is 4.